The second-order valence-corrected chi connectivity index (χ2v) is 8.62. The average molecular weight is 416 g/mol. The van der Waals surface area contributed by atoms with Gasteiger partial charge in [-0.2, -0.15) is 0 Å². The maximum absolute atomic E-state index is 13.4. The Morgan fingerprint density at radius 1 is 1.03 bits per heavy atom. The highest BCUT2D eigenvalue weighted by Crippen LogP contribution is 2.30. The van der Waals surface area contributed by atoms with E-state index in [-0.39, 0.29) is 24.4 Å². The lowest BCUT2D eigenvalue weighted by atomic mass is 9.87. The Morgan fingerprint density at radius 3 is 2.13 bits per heavy atom. The summed E-state index contributed by atoms with van der Waals surface area (Å²) in [5, 5.41) is 2.58. The van der Waals surface area contributed by atoms with Crippen molar-refractivity contribution in [1.29, 1.82) is 0 Å². The van der Waals surface area contributed by atoms with Gasteiger partial charge in [0.05, 0.1) is 12.7 Å². The zero-order valence-corrected chi connectivity index (χ0v) is 18.1. The van der Waals surface area contributed by atoms with Crippen molar-refractivity contribution in [1.82, 2.24) is 5.32 Å². The van der Waals surface area contributed by atoms with Crippen LogP contribution in [0.4, 0.5) is 9.18 Å². The van der Waals surface area contributed by atoms with Crippen LogP contribution < -0.4 is 5.32 Å². The van der Waals surface area contributed by atoms with Crippen molar-refractivity contribution >= 4 is 12.4 Å². The summed E-state index contributed by atoms with van der Waals surface area (Å²) >= 11 is 0. The van der Waals surface area contributed by atoms with Crippen LogP contribution in [0.1, 0.15) is 51.7 Å². The van der Waals surface area contributed by atoms with Gasteiger partial charge in [0.1, 0.15) is 23.2 Å². The van der Waals surface area contributed by atoms with Crippen LogP contribution in [-0.4, -0.2) is 36.2 Å². The zero-order chi connectivity index (χ0) is 22.4. The molecule has 30 heavy (non-hydrogen) atoms. The van der Waals surface area contributed by atoms with Gasteiger partial charge in [0.2, 0.25) is 0 Å². The van der Waals surface area contributed by atoms with Crippen molar-refractivity contribution in [2.24, 2.45) is 0 Å². The fourth-order valence-corrected chi connectivity index (χ4v) is 3.10. The molecule has 0 aliphatic heterocycles. The Bertz CT molecular complexity index is 833. The second-order valence-electron chi connectivity index (χ2n) is 8.62. The van der Waals surface area contributed by atoms with E-state index in [1.54, 1.807) is 39.8 Å². The van der Waals surface area contributed by atoms with Gasteiger partial charge in [-0.1, -0.05) is 42.5 Å². The van der Waals surface area contributed by atoms with Crippen molar-refractivity contribution in [3.05, 3.63) is 71.5 Å². The number of alkyl carbamates (subject to hydrolysis) is 1. The maximum atomic E-state index is 13.4. The Kier molecular flexibility index (Phi) is 7.73. The molecule has 5 nitrogen and oxygen atoms in total. The molecule has 0 bridgehead atoms. The predicted molar refractivity (Wildman–Crippen MR) is 114 cm³/mol. The largest absolute Gasteiger partial charge is 0.444 e. The number of hydrogen-bond donors (Lipinski definition) is 1. The highest BCUT2D eigenvalue weighted by atomic mass is 19.1. The number of carbonyl (C=O) groups is 2. The molecule has 0 aliphatic carbocycles. The molecule has 2 aromatic carbocycles. The number of aldehydes is 1. The van der Waals surface area contributed by atoms with Crippen molar-refractivity contribution in [2.45, 2.75) is 57.8 Å². The number of ether oxygens (including phenoxy) is 2. The van der Waals surface area contributed by atoms with E-state index in [0.717, 1.165) is 11.1 Å². The van der Waals surface area contributed by atoms with Crippen molar-refractivity contribution in [3.8, 4) is 0 Å². The predicted octanol–water partition coefficient (Wildman–Crippen LogP) is 4.85. The summed E-state index contributed by atoms with van der Waals surface area (Å²) in [5.74, 6) is -0.488. The molecule has 0 heterocycles. The van der Waals surface area contributed by atoms with Gasteiger partial charge >= 0.3 is 6.09 Å². The number of halogens is 1. The van der Waals surface area contributed by atoms with Gasteiger partial charge in [-0.25, -0.2) is 9.18 Å². The van der Waals surface area contributed by atoms with E-state index in [0.29, 0.717) is 6.29 Å². The number of amides is 1. The summed E-state index contributed by atoms with van der Waals surface area (Å²) < 4.78 is 24.7. The fraction of sp³-hybridized carbons (Fsp3) is 0.417. The third-order valence-electron chi connectivity index (χ3n) is 4.55. The lowest BCUT2D eigenvalue weighted by Gasteiger charge is -2.31. The summed E-state index contributed by atoms with van der Waals surface area (Å²) in [7, 11) is 0. The first kappa shape index (κ1) is 23.5. The molecule has 0 spiro atoms. The molecule has 0 saturated carbocycles. The molecule has 6 heteroatoms. The minimum absolute atomic E-state index is 0.0402. The van der Waals surface area contributed by atoms with Crippen LogP contribution in [0, 0.1) is 5.82 Å². The molecule has 2 aromatic rings. The minimum Gasteiger partial charge on any atom is -0.444 e. The van der Waals surface area contributed by atoms with Gasteiger partial charge in [-0.05, 0) is 57.9 Å². The molecule has 0 fully saturated rings. The lowest BCUT2D eigenvalue weighted by Crippen LogP contribution is -2.52. The van der Waals surface area contributed by atoms with E-state index < -0.39 is 17.2 Å². The first-order chi connectivity index (χ1) is 14.0. The Balaban J connectivity index is 2.16. The van der Waals surface area contributed by atoms with Gasteiger partial charge < -0.3 is 19.6 Å². The number of rotatable bonds is 8. The van der Waals surface area contributed by atoms with Crippen LogP contribution in [0.25, 0.3) is 0 Å². The standard InChI is InChI=1S/C24H30FNO4/c1-17(29-16-24(5,15-27)26-22(28)30-23(2,3)4)21(18-9-7-6-8-10-18)19-11-13-20(25)14-12-19/h6-15,17,21H,16H2,1-5H3,(H,26,28)/t17-,21-,24-/m0/s1. The molecule has 162 valence electrons. The van der Waals surface area contributed by atoms with Crippen LogP contribution in [-0.2, 0) is 14.3 Å². The van der Waals surface area contributed by atoms with Crippen LogP contribution in [0.2, 0.25) is 0 Å². The highest BCUT2D eigenvalue weighted by Gasteiger charge is 2.31. The molecule has 0 unspecified atom stereocenters. The van der Waals surface area contributed by atoms with Crippen molar-refractivity contribution in [3.63, 3.8) is 0 Å². The molecular formula is C24H30FNO4. The van der Waals surface area contributed by atoms with E-state index in [4.69, 9.17) is 9.47 Å². The molecule has 0 aliphatic rings. The van der Waals surface area contributed by atoms with Gasteiger partial charge in [0, 0.05) is 5.92 Å². The number of carbonyl (C=O) groups excluding carboxylic acids is 2. The number of benzene rings is 2. The lowest BCUT2D eigenvalue weighted by molar-refractivity contribution is -0.116. The van der Waals surface area contributed by atoms with Gasteiger partial charge in [0.25, 0.3) is 0 Å². The Morgan fingerprint density at radius 2 is 1.60 bits per heavy atom. The monoisotopic (exact) mass is 415 g/mol. The maximum Gasteiger partial charge on any atom is 0.408 e. The van der Waals surface area contributed by atoms with Crippen LogP contribution in [0.5, 0.6) is 0 Å². The molecular weight excluding hydrogens is 385 g/mol. The second kappa shape index (κ2) is 9.85. The van der Waals surface area contributed by atoms with E-state index in [2.05, 4.69) is 5.32 Å². The van der Waals surface area contributed by atoms with E-state index in [9.17, 15) is 14.0 Å². The first-order valence-corrected chi connectivity index (χ1v) is 9.92. The zero-order valence-electron chi connectivity index (χ0n) is 18.1. The summed E-state index contributed by atoms with van der Waals surface area (Å²) in [4.78, 5) is 23.8. The van der Waals surface area contributed by atoms with Crippen LogP contribution in [0.3, 0.4) is 0 Å². The quantitative estimate of drug-likeness (QED) is 0.626. The van der Waals surface area contributed by atoms with E-state index in [1.165, 1.54) is 12.1 Å². The summed E-state index contributed by atoms with van der Waals surface area (Å²) in [6.45, 7) is 8.66. The van der Waals surface area contributed by atoms with Crippen LogP contribution >= 0.6 is 0 Å². The van der Waals surface area contributed by atoms with Gasteiger partial charge in [-0.3, -0.25) is 0 Å². The molecule has 2 rings (SSSR count). The third kappa shape index (κ3) is 6.95. The molecule has 0 aromatic heterocycles. The fourth-order valence-electron chi connectivity index (χ4n) is 3.10. The summed E-state index contributed by atoms with van der Waals surface area (Å²) in [5.41, 5.74) is -0.0311. The Hall–Kier alpha value is -2.73. The molecule has 1 N–H and O–H groups in total. The Labute approximate surface area is 177 Å². The minimum atomic E-state index is -1.25. The molecule has 3 atom stereocenters. The summed E-state index contributed by atoms with van der Waals surface area (Å²) in [6.07, 6.45) is -0.400. The van der Waals surface area contributed by atoms with Gasteiger partial charge in [0.15, 0.2) is 0 Å². The number of nitrogens with one attached hydrogen (secondary N) is 1. The van der Waals surface area contributed by atoms with Gasteiger partial charge in [-0.15, -0.1) is 0 Å². The normalized spacial score (nSPS) is 15.5. The van der Waals surface area contributed by atoms with E-state index in [1.807, 2.05) is 37.3 Å². The average Bonchev–Trinajstić information content (AvgIpc) is 2.67. The van der Waals surface area contributed by atoms with Crippen LogP contribution in [0.15, 0.2) is 54.6 Å². The molecule has 1 amide bonds. The third-order valence-corrected chi connectivity index (χ3v) is 4.55. The SMILES string of the molecule is C[C@H](OC[C@](C)(C=O)NC(=O)OC(C)(C)C)[C@@H](c1ccccc1)c1ccc(F)cc1. The van der Waals surface area contributed by atoms with Crippen molar-refractivity contribution < 1.29 is 23.5 Å². The molecule has 0 radical (unpaired) electrons. The first-order valence-electron chi connectivity index (χ1n) is 9.92. The smallest absolute Gasteiger partial charge is 0.408 e. The van der Waals surface area contributed by atoms with Crippen molar-refractivity contribution in [2.75, 3.05) is 6.61 Å². The number of hydrogen-bond acceptors (Lipinski definition) is 4. The summed E-state index contributed by atoms with van der Waals surface area (Å²) in [6, 6.07) is 16.0. The highest BCUT2D eigenvalue weighted by molar-refractivity contribution is 5.76. The van der Waals surface area contributed by atoms with E-state index >= 15 is 0 Å². The molecule has 0 saturated heterocycles. The topological polar surface area (TPSA) is 64.6 Å².